The summed E-state index contributed by atoms with van der Waals surface area (Å²) in [6.45, 7) is 0. The van der Waals surface area contributed by atoms with Crippen LogP contribution in [0, 0.1) is 17.3 Å². The Morgan fingerprint density at radius 2 is 1.62 bits per heavy atom. The molecule has 0 aromatic heterocycles. The van der Waals surface area contributed by atoms with Gasteiger partial charge in [-0.25, -0.2) is 4.79 Å². The minimum atomic E-state index is -1.33. The van der Waals surface area contributed by atoms with Crippen LogP contribution in [0.15, 0.2) is 0 Å². The molecule has 4 heteroatoms. The second kappa shape index (κ2) is 2.86. The van der Waals surface area contributed by atoms with E-state index in [0.717, 1.165) is 19.3 Å². The molecule has 4 aliphatic rings. The van der Waals surface area contributed by atoms with Crippen LogP contribution in [0.1, 0.15) is 38.5 Å². The van der Waals surface area contributed by atoms with Crippen LogP contribution in [0.3, 0.4) is 0 Å². The van der Waals surface area contributed by atoms with Gasteiger partial charge >= 0.3 is 5.97 Å². The van der Waals surface area contributed by atoms with E-state index in [-0.39, 0.29) is 0 Å². The van der Waals surface area contributed by atoms with E-state index in [0.29, 0.717) is 31.1 Å². The summed E-state index contributed by atoms with van der Waals surface area (Å²) in [6.07, 6.45) is 4.32. The van der Waals surface area contributed by atoms with E-state index in [1.807, 2.05) is 0 Å². The summed E-state index contributed by atoms with van der Waals surface area (Å²) in [4.78, 5) is 22.7. The van der Waals surface area contributed by atoms with Gasteiger partial charge in [0.1, 0.15) is 0 Å². The van der Waals surface area contributed by atoms with Crippen LogP contribution in [0.5, 0.6) is 0 Å². The van der Waals surface area contributed by atoms with E-state index in [1.165, 1.54) is 0 Å². The number of carbonyl (C=O) groups excluding carboxylic acids is 1. The number of carboxylic acid groups (broad SMARTS) is 1. The van der Waals surface area contributed by atoms with E-state index in [4.69, 9.17) is 5.11 Å². The van der Waals surface area contributed by atoms with Crippen molar-refractivity contribution >= 4 is 11.8 Å². The van der Waals surface area contributed by atoms with Crippen LogP contribution in [0.25, 0.3) is 0 Å². The molecule has 0 aromatic carbocycles. The van der Waals surface area contributed by atoms with Crippen LogP contribution < -0.4 is 0 Å². The summed E-state index contributed by atoms with van der Waals surface area (Å²) < 4.78 is 0. The molecule has 2 unspecified atom stereocenters. The third kappa shape index (κ3) is 1.25. The summed E-state index contributed by atoms with van der Waals surface area (Å²) in [5, 5.41) is 19.2. The normalized spacial score (nSPS) is 49.3. The molecule has 4 fully saturated rings. The standard InChI is InChI=1S/C12H16O4/c13-9(10(14)15)11-2-7-1-8(3-11)5-12(16,4-7)6-11/h7-8,16H,1-6H2,(H,14,15)/t7-,8+,11?,12?/i9+2,10+2. The molecule has 4 saturated carbocycles. The third-order valence-electron chi connectivity index (χ3n) is 4.71. The number of hydrogen-bond acceptors (Lipinski definition) is 3. The number of hydrogen-bond donors (Lipinski definition) is 2. The van der Waals surface area contributed by atoms with Crippen molar-refractivity contribution in [3.63, 3.8) is 0 Å². The van der Waals surface area contributed by atoms with Gasteiger partial charge in [-0.05, 0) is 50.4 Å². The van der Waals surface area contributed by atoms with E-state index < -0.39 is 22.8 Å². The van der Waals surface area contributed by atoms with Gasteiger partial charge in [0.2, 0.25) is 5.78 Å². The van der Waals surface area contributed by atoms with Crippen molar-refractivity contribution in [1.82, 2.24) is 0 Å². The second-order valence-electron chi connectivity index (χ2n) is 6.10. The van der Waals surface area contributed by atoms with Gasteiger partial charge in [0.15, 0.2) is 0 Å². The monoisotopic (exact) mass is 228 g/mol. The van der Waals surface area contributed by atoms with E-state index in [9.17, 15) is 14.7 Å². The summed E-state index contributed by atoms with van der Waals surface area (Å²) in [6, 6.07) is 0. The van der Waals surface area contributed by atoms with Crippen LogP contribution in [-0.4, -0.2) is 27.6 Å². The number of ketones is 1. The highest BCUT2D eigenvalue weighted by Crippen LogP contribution is 2.61. The number of carbonyl (C=O) groups is 2. The molecule has 0 radical (unpaired) electrons. The SMILES string of the molecule is O=[14C](O)[14C](=O)C12C[C@@H]3C[C@@H](CC(O)(C3)C1)C2. The first-order valence-corrected chi connectivity index (χ1v) is 5.93. The summed E-state index contributed by atoms with van der Waals surface area (Å²) in [7, 11) is 0. The first-order valence-electron chi connectivity index (χ1n) is 5.93. The van der Waals surface area contributed by atoms with Crippen molar-refractivity contribution in [1.29, 1.82) is 0 Å². The van der Waals surface area contributed by atoms with E-state index >= 15 is 0 Å². The molecule has 0 heterocycles. The Labute approximate surface area is 93.6 Å². The van der Waals surface area contributed by atoms with Gasteiger partial charge in [-0.3, -0.25) is 4.79 Å². The molecule has 88 valence electrons. The van der Waals surface area contributed by atoms with Gasteiger partial charge in [-0.2, -0.15) is 0 Å². The Morgan fingerprint density at radius 1 is 1.06 bits per heavy atom. The Balaban J connectivity index is 1.98. The van der Waals surface area contributed by atoms with Crippen molar-refractivity contribution in [3.8, 4) is 0 Å². The fourth-order valence-electron chi connectivity index (χ4n) is 4.71. The van der Waals surface area contributed by atoms with Gasteiger partial charge in [0.05, 0.1) is 5.60 Å². The fourth-order valence-corrected chi connectivity index (χ4v) is 4.71. The lowest BCUT2D eigenvalue weighted by Crippen LogP contribution is -2.59. The van der Waals surface area contributed by atoms with Gasteiger partial charge in [-0.15, -0.1) is 0 Å². The topological polar surface area (TPSA) is 74.6 Å². The lowest BCUT2D eigenvalue weighted by molar-refractivity contribution is -0.182. The molecule has 0 saturated heterocycles. The molecule has 16 heavy (non-hydrogen) atoms. The van der Waals surface area contributed by atoms with E-state index in [2.05, 4.69) is 0 Å². The van der Waals surface area contributed by atoms with Gasteiger partial charge < -0.3 is 10.2 Å². The molecule has 0 aliphatic heterocycles. The smallest absolute Gasteiger partial charge is 0.372 e. The van der Waals surface area contributed by atoms with Crippen molar-refractivity contribution < 1.29 is 19.8 Å². The zero-order valence-corrected chi connectivity index (χ0v) is 9.11. The highest BCUT2D eigenvalue weighted by molar-refractivity contribution is 6.35. The van der Waals surface area contributed by atoms with Crippen LogP contribution >= 0.6 is 0 Å². The Morgan fingerprint density at radius 3 is 2.06 bits per heavy atom. The lowest BCUT2D eigenvalue weighted by atomic mass is 9.51. The van der Waals surface area contributed by atoms with Gasteiger partial charge in [-0.1, -0.05) is 0 Å². The maximum Gasteiger partial charge on any atom is 0.372 e. The zero-order valence-electron chi connectivity index (χ0n) is 9.11. The minimum absolute atomic E-state index is 0.356. The fraction of sp³-hybridized carbons (Fsp3) is 0.833. The number of aliphatic hydroxyl groups is 1. The van der Waals surface area contributed by atoms with Crippen LogP contribution in [-0.2, 0) is 9.59 Å². The average molecular weight is 228 g/mol. The second-order valence-corrected chi connectivity index (χ2v) is 6.10. The molecular formula is C12H16O4. The molecule has 0 aromatic rings. The number of Topliss-reactive ketones (excluding diaryl/α,β-unsaturated/α-hetero) is 1. The van der Waals surface area contributed by atoms with Crippen LogP contribution in [0.2, 0.25) is 0 Å². The summed E-state index contributed by atoms with van der Waals surface area (Å²) in [5.74, 6) is -1.28. The lowest BCUT2D eigenvalue weighted by Gasteiger charge is -2.58. The highest BCUT2D eigenvalue weighted by Gasteiger charge is 2.61. The predicted molar refractivity (Wildman–Crippen MR) is 54.7 cm³/mol. The Kier molecular flexibility index (Phi) is 1.83. The average Bonchev–Trinajstić information content (AvgIpc) is 2.12. The highest BCUT2D eigenvalue weighted by atomic mass is 16.7. The Bertz CT molecular complexity index is 359. The summed E-state index contributed by atoms with van der Waals surface area (Å²) in [5.41, 5.74) is -1.50. The first-order chi connectivity index (χ1) is 7.42. The number of carboxylic acids is 1. The molecule has 2 N–H and O–H groups in total. The minimum Gasteiger partial charge on any atom is -0.475 e. The zero-order chi connectivity index (χ0) is 11.6. The quantitative estimate of drug-likeness (QED) is 0.691. The molecule has 4 rings (SSSR count). The molecule has 4 nitrogen and oxygen atoms in total. The maximum absolute atomic E-state index is 11.8. The van der Waals surface area contributed by atoms with Crippen molar-refractivity contribution in [2.24, 2.45) is 17.3 Å². The summed E-state index contributed by atoms with van der Waals surface area (Å²) >= 11 is 0. The van der Waals surface area contributed by atoms with Crippen LogP contribution in [0.4, 0.5) is 0 Å². The van der Waals surface area contributed by atoms with E-state index in [1.54, 1.807) is 0 Å². The number of rotatable bonds is 2. The predicted octanol–water partition coefficient (Wildman–Crippen LogP) is 0.971. The molecule has 4 aliphatic carbocycles. The van der Waals surface area contributed by atoms with Crippen molar-refractivity contribution in [2.75, 3.05) is 0 Å². The number of aliphatic carboxylic acids is 1. The molecule has 0 amide bonds. The van der Waals surface area contributed by atoms with Crippen molar-refractivity contribution in [3.05, 3.63) is 0 Å². The maximum atomic E-state index is 11.8. The van der Waals surface area contributed by atoms with Gasteiger partial charge in [0.25, 0.3) is 0 Å². The van der Waals surface area contributed by atoms with Gasteiger partial charge in [0, 0.05) is 5.41 Å². The Hall–Kier alpha value is -0.900. The first kappa shape index (κ1) is 10.3. The molecule has 4 atom stereocenters. The molecule has 4 bridgehead atoms. The molecular weight excluding hydrogens is 212 g/mol. The molecule has 0 spiro atoms. The largest absolute Gasteiger partial charge is 0.475 e. The van der Waals surface area contributed by atoms with Crippen molar-refractivity contribution in [2.45, 2.75) is 44.1 Å². The third-order valence-corrected chi connectivity index (χ3v) is 4.71.